The van der Waals surface area contributed by atoms with Gasteiger partial charge < -0.3 is 15.2 Å². The van der Waals surface area contributed by atoms with Crippen molar-refractivity contribution in [1.29, 1.82) is 0 Å². The van der Waals surface area contributed by atoms with E-state index in [2.05, 4.69) is 5.32 Å². The maximum absolute atomic E-state index is 15.1. The predicted molar refractivity (Wildman–Crippen MR) is 116 cm³/mol. The lowest BCUT2D eigenvalue weighted by Gasteiger charge is -2.56. The summed E-state index contributed by atoms with van der Waals surface area (Å²) in [6.45, 7) is 0.652. The Morgan fingerprint density at radius 2 is 1.75 bits per heavy atom. The highest BCUT2D eigenvalue weighted by Crippen LogP contribution is 2.60. The first-order valence-electron chi connectivity index (χ1n) is 12.1. The van der Waals surface area contributed by atoms with E-state index in [1.807, 2.05) is 0 Å². The van der Waals surface area contributed by atoms with Gasteiger partial charge in [0.05, 0.1) is 18.2 Å². The normalized spacial score (nSPS) is 34.8. The van der Waals surface area contributed by atoms with E-state index in [0.717, 1.165) is 36.2 Å². The number of rotatable bonds is 7. The Balaban J connectivity index is 1.21. The third-order valence-corrected chi connectivity index (χ3v) is 8.52. The van der Waals surface area contributed by atoms with Crippen LogP contribution in [0.2, 0.25) is 0 Å². The van der Waals surface area contributed by atoms with E-state index in [1.54, 1.807) is 6.07 Å². The minimum Gasteiger partial charge on any atom is -0.493 e. The van der Waals surface area contributed by atoms with Gasteiger partial charge in [0.25, 0.3) is 0 Å². The van der Waals surface area contributed by atoms with Crippen LogP contribution in [0.3, 0.4) is 0 Å². The molecule has 7 rings (SSSR count). The average molecular weight is 440 g/mol. The molecule has 4 bridgehead atoms. The molecule has 0 saturated heterocycles. The largest absolute Gasteiger partial charge is 0.493 e. The molecule has 1 aliphatic heterocycles. The van der Waals surface area contributed by atoms with Crippen molar-refractivity contribution in [2.45, 2.75) is 69.7 Å². The summed E-state index contributed by atoms with van der Waals surface area (Å²) in [6, 6.07) is 2.34. The second-order valence-electron chi connectivity index (χ2n) is 11.1. The summed E-state index contributed by atoms with van der Waals surface area (Å²) >= 11 is 0. The molecule has 1 heterocycles. The first-order chi connectivity index (χ1) is 15.4. The van der Waals surface area contributed by atoms with Crippen LogP contribution in [0, 0.1) is 29.0 Å². The van der Waals surface area contributed by atoms with Gasteiger partial charge in [-0.25, -0.2) is 9.18 Å². The molecule has 1 aromatic carbocycles. The van der Waals surface area contributed by atoms with Crippen molar-refractivity contribution in [3.05, 3.63) is 40.8 Å². The van der Waals surface area contributed by atoms with Crippen molar-refractivity contribution < 1.29 is 23.8 Å². The van der Waals surface area contributed by atoms with Gasteiger partial charge in [-0.1, -0.05) is 6.08 Å². The number of Topliss-reactive ketones (excluding diaryl/α,β-unsaturated/α-hetero) is 1. The lowest BCUT2D eigenvalue weighted by molar-refractivity contribution is -0.133. The highest BCUT2D eigenvalue weighted by molar-refractivity contribution is 6.02. The summed E-state index contributed by atoms with van der Waals surface area (Å²) < 4.78 is 21.5. The molecule has 0 spiro atoms. The first-order valence-corrected chi connectivity index (χ1v) is 12.1. The van der Waals surface area contributed by atoms with Crippen LogP contribution in [0.4, 0.5) is 4.39 Å². The number of halogens is 1. The third-order valence-electron chi connectivity index (χ3n) is 8.52. The molecule has 6 heteroatoms. The quantitative estimate of drug-likeness (QED) is 0.596. The number of benzene rings is 1. The molecule has 2 N–H and O–H groups in total. The minimum absolute atomic E-state index is 0.00157. The van der Waals surface area contributed by atoms with E-state index in [4.69, 9.17) is 9.84 Å². The summed E-state index contributed by atoms with van der Waals surface area (Å²) in [4.78, 5) is 24.1. The van der Waals surface area contributed by atoms with Gasteiger partial charge in [-0.2, -0.15) is 0 Å². The van der Waals surface area contributed by atoms with E-state index in [9.17, 15) is 9.59 Å². The van der Waals surface area contributed by atoms with E-state index >= 15 is 4.39 Å². The highest BCUT2D eigenvalue weighted by Gasteiger charge is 2.51. The molecule has 1 atom stereocenters. The van der Waals surface area contributed by atoms with Crippen molar-refractivity contribution in [3.63, 3.8) is 0 Å². The lowest BCUT2D eigenvalue weighted by atomic mass is 9.50. The molecule has 32 heavy (non-hydrogen) atoms. The van der Waals surface area contributed by atoms with Crippen molar-refractivity contribution in [2.24, 2.45) is 23.2 Å². The zero-order valence-electron chi connectivity index (χ0n) is 18.2. The van der Waals surface area contributed by atoms with Gasteiger partial charge in [0.2, 0.25) is 0 Å². The Bertz CT molecular complexity index is 976. The Hall–Kier alpha value is -2.37. The number of carbonyl (C=O) groups is 2. The number of aliphatic carboxylic acids is 1. The van der Waals surface area contributed by atoms with E-state index in [0.29, 0.717) is 18.3 Å². The van der Waals surface area contributed by atoms with Gasteiger partial charge >= 0.3 is 5.97 Å². The lowest BCUT2D eigenvalue weighted by Crippen LogP contribution is -2.48. The molecule has 6 aliphatic rings. The number of nitrogens with one attached hydrogen (secondary N) is 1. The molecule has 5 aliphatic carbocycles. The predicted octanol–water partition coefficient (Wildman–Crippen LogP) is 4.81. The smallest absolute Gasteiger partial charge is 0.351 e. The van der Waals surface area contributed by atoms with E-state index < -0.39 is 23.6 Å². The average Bonchev–Trinajstić information content (AvgIpc) is 3.45. The minimum atomic E-state index is -1.10. The summed E-state index contributed by atoms with van der Waals surface area (Å²) in [6.07, 6.45) is 11.6. The summed E-state index contributed by atoms with van der Waals surface area (Å²) in [5, 5.41) is 11.8. The van der Waals surface area contributed by atoms with Crippen molar-refractivity contribution in [1.82, 2.24) is 5.32 Å². The first kappa shape index (κ1) is 20.3. The molecular weight excluding hydrogens is 409 g/mol. The number of hydrogen-bond acceptors (Lipinski definition) is 4. The van der Waals surface area contributed by atoms with E-state index in [1.165, 1.54) is 50.7 Å². The summed E-state index contributed by atoms with van der Waals surface area (Å²) in [5.41, 5.74) is 1.21. The molecule has 5 saturated carbocycles. The van der Waals surface area contributed by atoms with Crippen LogP contribution >= 0.6 is 0 Å². The topological polar surface area (TPSA) is 75.6 Å². The fourth-order valence-electron chi connectivity index (χ4n) is 7.35. The number of carboxylic acid groups (broad SMARTS) is 1. The summed E-state index contributed by atoms with van der Waals surface area (Å²) in [7, 11) is 0. The number of ketones is 1. The van der Waals surface area contributed by atoms with Crippen molar-refractivity contribution in [2.75, 3.05) is 6.61 Å². The fraction of sp³-hybridized carbons (Fsp3) is 0.615. The Labute approximate surface area is 187 Å². The number of carbonyl (C=O) groups excluding carboxylic acids is 1. The monoisotopic (exact) mass is 439 g/mol. The molecule has 0 radical (unpaired) electrons. The van der Waals surface area contributed by atoms with Crippen molar-refractivity contribution >= 4 is 11.8 Å². The van der Waals surface area contributed by atoms with Crippen molar-refractivity contribution in [3.8, 4) is 5.75 Å². The number of carboxylic acids is 1. The standard InChI is InChI=1S/C26H30FNO4/c27-20-9-23(32-13-26-10-14-5-15(11-26)7-16(6-14)12-26)18(17-1-2-17)8-19(20)24(29)21-3-4-22(28-21)25(30)31/h4,8-9,14-17,21,28H,1-3,5-7,10-13H2,(H,30,31). The van der Waals surface area contributed by atoms with Gasteiger partial charge in [-0.3, -0.25) is 4.79 Å². The number of ether oxygens (including phenoxy) is 1. The second kappa shape index (κ2) is 7.32. The Kier molecular flexibility index (Phi) is 4.63. The van der Waals surface area contributed by atoms with Crippen LogP contribution in [-0.4, -0.2) is 29.5 Å². The Morgan fingerprint density at radius 1 is 1.09 bits per heavy atom. The molecule has 5 fully saturated rings. The Morgan fingerprint density at radius 3 is 2.31 bits per heavy atom. The molecule has 0 amide bonds. The van der Waals surface area contributed by atoms with Crippen LogP contribution in [-0.2, 0) is 4.79 Å². The van der Waals surface area contributed by atoms with Gasteiger partial charge in [0.15, 0.2) is 5.78 Å². The molecule has 5 nitrogen and oxygen atoms in total. The molecule has 1 aromatic rings. The van der Waals surface area contributed by atoms with Crippen LogP contribution in [0.25, 0.3) is 0 Å². The highest BCUT2D eigenvalue weighted by atomic mass is 19.1. The zero-order valence-corrected chi connectivity index (χ0v) is 18.2. The second-order valence-corrected chi connectivity index (χ2v) is 11.1. The molecule has 1 unspecified atom stereocenters. The maximum Gasteiger partial charge on any atom is 0.351 e. The third kappa shape index (κ3) is 3.52. The number of hydrogen-bond donors (Lipinski definition) is 2. The van der Waals surface area contributed by atoms with Gasteiger partial charge in [-0.05, 0) is 93.1 Å². The van der Waals surface area contributed by atoms with Crippen LogP contribution < -0.4 is 10.1 Å². The molecular formula is C26H30FNO4. The molecule has 170 valence electrons. The van der Waals surface area contributed by atoms with Crippen LogP contribution in [0.5, 0.6) is 5.75 Å². The van der Waals surface area contributed by atoms with E-state index in [-0.39, 0.29) is 23.1 Å². The van der Waals surface area contributed by atoms with Crippen LogP contribution in [0.15, 0.2) is 23.9 Å². The fourth-order valence-corrected chi connectivity index (χ4v) is 7.35. The SMILES string of the molecule is O=C(O)C1=CCC(C(=O)c2cc(C3CC3)c(OCC34CC5CC(CC(C5)C3)C4)cc2F)N1. The summed E-state index contributed by atoms with van der Waals surface area (Å²) in [5.74, 6) is 1.36. The van der Waals surface area contributed by atoms with Crippen LogP contribution in [0.1, 0.15) is 79.6 Å². The zero-order chi connectivity index (χ0) is 22.0. The van der Waals surface area contributed by atoms with Gasteiger partial charge in [-0.15, -0.1) is 0 Å². The van der Waals surface area contributed by atoms with Gasteiger partial charge in [0.1, 0.15) is 17.3 Å². The maximum atomic E-state index is 15.1. The van der Waals surface area contributed by atoms with Gasteiger partial charge in [0, 0.05) is 11.5 Å². The molecule has 0 aromatic heterocycles.